The van der Waals surface area contributed by atoms with Gasteiger partial charge in [-0.15, -0.1) is 0 Å². The zero-order valence-electron chi connectivity index (χ0n) is 30.0. The Bertz CT molecular complexity index is 3360. The van der Waals surface area contributed by atoms with Gasteiger partial charge in [-0.25, -0.2) is 0 Å². The lowest BCUT2D eigenvalue weighted by Crippen LogP contribution is -1.99. The Labute approximate surface area is 323 Å². The molecule has 0 saturated heterocycles. The molecule has 5 nitrogen and oxygen atoms in total. The minimum atomic E-state index is 0.563. The lowest BCUT2D eigenvalue weighted by molar-refractivity contribution is 1.17. The average molecular weight is 712 g/mol. The van der Waals surface area contributed by atoms with Gasteiger partial charge in [0.2, 0.25) is 0 Å². The third-order valence-corrected chi connectivity index (χ3v) is 10.8. The van der Waals surface area contributed by atoms with E-state index >= 15 is 0 Å². The first-order valence-electron chi connectivity index (χ1n) is 18.4. The summed E-state index contributed by atoms with van der Waals surface area (Å²) in [4.78, 5) is 0. The fourth-order valence-corrected chi connectivity index (χ4v) is 8.49. The fourth-order valence-electron chi connectivity index (χ4n) is 8.49. The van der Waals surface area contributed by atoms with Crippen molar-refractivity contribution in [2.75, 3.05) is 0 Å². The maximum Gasteiger partial charge on any atom is 0.101 e. The van der Waals surface area contributed by atoms with Gasteiger partial charge in [0.25, 0.3) is 0 Å². The summed E-state index contributed by atoms with van der Waals surface area (Å²) < 4.78 is 4.46. The van der Waals surface area contributed by atoms with Gasteiger partial charge in [-0.05, 0) is 76.9 Å². The molecular weight excluding hydrogens is 683 g/mol. The van der Waals surface area contributed by atoms with Crippen molar-refractivity contribution in [3.8, 4) is 63.0 Å². The van der Waals surface area contributed by atoms with Crippen molar-refractivity contribution in [2.24, 2.45) is 0 Å². The molecule has 10 rings (SSSR count). The molecule has 0 N–H and O–H groups in total. The van der Waals surface area contributed by atoms with Crippen LogP contribution in [0.5, 0.6) is 0 Å². The van der Waals surface area contributed by atoms with E-state index in [1.165, 1.54) is 0 Å². The molecule has 0 unspecified atom stereocenters. The second-order valence-electron chi connectivity index (χ2n) is 13.8. The standard InChI is InChI=1S/C51H29N5/c52-30-33-12-9-14-36(28-33)55-48-25-8-6-19-41(48)44-22-10-20-42(50(44)55)39-17-4-2-15-37(39)38-16-3-5-18-40(38)43-21-11-23-45-46-29-34(31-53)26-27-49(46)56(51(43)45)47-24-7-1-13-35(47)32-54/h1-29H. The van der Waals surface area contributed by atoms with Gasteiger partial charge in [-0.1, -0.05) is 121 Å². The predicted molar refractivity (Wildman–Crippen MR) is 226 cm³/mol. The first-order valence-corrected chi connectivity index (χ1v) is 18.4. The molecule has 0 aliphatic heterocycles. The van der Waals surface area contributed by atoms with Crippen LogP contribution in [-0.4, -0.2) is 9.13 Å². The molecule has 0 atom stereocenters. The minimum absolute atomic E-state index is 0.563. The summed E-state index contributed by atoms with van der Waals surface area (Å²) in [5.74, 6) is 0. The number of nitrogens with zero attached hydrogens (tertiary/aromatic N) is 5. The van der Waals surface area contributed by atoms with Gasteiger partial charge >= 0.3 is 0 Å². The molecule has 10 aromatic rings. The highest BCUT2D eigenvalue weighted by molar-refractivity contribution is 6.17. The van der Waals surface area contributed by atoms with Crippen LogP contribution < -0.4 is 0 Å². The third-order valence-electron chi connectivity index (χ3n) is 10.8. The Morgan fingerprint density at radius 2 is 0.839 bits per heavy atom. The van der Waals surface area contributed by atoms with Crippen LogP contribution >= 0.6 is 0 Å². The fraction of sp³-hybridized carbons (Fsp3) is 0. The van der Waals surface area contributed by atoms with Crippen LogP contribution in [0.15, 0.2) is 176 Å². The van der Waals surface area contributed by atoms with E-state index in [2.05, 4.69) is 143 Å². The Hall–Kier alpha value is -8.17. The number of nitriles is 3. The molecule has 0 aliphatic carbocycles. The highest BCUT2D eigenvalue weighted by atomic mass is 15.0. The van der Waals surface area contributed by atoms with E-state index in [9.17, 15) is 15.8 Å². The van der Waals surface area contributed by atoms with E-state index in [4.69, 9.17) is 0 Å². The molecule has 0 fully saturated rings. The molecule has 0 saturated carbocycles. The van der Waals surface area contributed by atoms with Gasteiger partial charge in [-0.2, -0.15) is 15.8 Å². The van der Waals surface area contributed by atoms with Crippen LogP contribution in [-0.2, 0) is 0 Å². The molecule has 0 spiro atoms. The molecule has 0 amide bonds. The third kappa shape index (κ3) is 4.92. The normalized spacial score (nSPS) is 11.2. The monoisotopic (exact) mass is 711 g/mol. The molecule has 258 valence electrons. The van der Waals surface area contributed by atoms with E-state index in [0.29, 0.717) is 16.7 Å². The number of benzene rings is 8. The highest BCUT2D eigenvalue weighted by Gasteiger charge is 2.23. The van der Waals surface area contributed by atoms with Crippen molar-refractivity contribution in [3.05, 3.63) is 193 Å². The highest BCUT2D eigenvalue weighted by Crippen LogP contribution is 2.46. The first kappa shape index (κ1) is 32.5. The van der Waals surface area contributed by atoms with Crippen molar-refractivity contribution in [2.45, 2.75) is 0 Å². The van der Waals surface area contributed by atoms with Crippen molar-refractivity contribution < 1.29 is 0 Å². The number of hydrogen-bond donors (Lipinski definition) is 0. The summed E-state index contributed by atoms with van der Waals surface area (Å²) in [6.45, 7) is 0. The van der Waals surface area contributed by atoms with E-state index < -0.39 is 0 Å². The minimum Gasteiger partial charge on any atom is -0.309 e. The van der Waals surface area contributed by atoms with Crippen LogP contribution in [0.4, 0.5) is 0 Å². The predicted octanol–water partition coefficient (Wildman–Crippen LogP) is 12.5. The molecule has 56 heavy (non-hydrogen) atoms. The summed E-state index contributed by atoms with van der Waals surface area (Å²) in [5.41, 5.74) is 13.8. The average Bonchev–Trinajstić information content (AvgIpc) is 3.79. The summed E-state index contributed by atoms with van der Waals surface area (Å²) in [6, 6.07) is 66.7. The second-order valence-corrected chi connectivity index (χ2v) is 13.8. The lowest BCUT2D eigenvalue weighted by atomic mass is 9.88. The lowest BCUT2D eigenvalue weighted by Gasteiger charge is -2.18. The molecule has 2 aromatic heterocycles. The van der Waals surface area contributed by atoms with Crippen molar-refractivity contribution in [1.29, 1.82) is 15.8 Å². The molecule has 8 aromatic carbocycles. The van der Waals surface area contributed by atoms with Crippen LogP contribution in [0, 0.1) is 34.0 Å². The zero-order valence-corrected chi connectivity index (χ0v) is 30.0. The Balaban J connectivity index is 1.27. The van der Waals surface area contributed by atoms with Crippen molar-refractivity contribution >= 4 is 43.6 Å². The number of para-hydroxylation sites is 4. The first-order chi connectivity index (χ1) is 27.7. The Kier molecular flexibility index (Phi) is 7.57. The molecule has 0 radical (unpaired) electrons. The number of hydrogen-bond acceptors (Lipinski definition) is 3. The quantitative estimate of drug-likeness (QED) is 0.178. The zero-order chi connectivity index (χ0) is 37.8. The number of aromatic nitrogens is 2. The van der Waals surface area contributed by atoms with E-state index in [1.54, 1.807) is 0 Å². The Morgan fingerprint density at radius 3 is 1.52 bits per heavy atom. The van der Waals surface area contributed by atoms with E-state index in [1.807, 2.05) is 60.7 Å². The number of rotatable bonds is 5. The van der Waals surface area contributed by atoms with E-state index in [0.717, 1.165) is 88.4 Å². The molecular formula is C51H29N5. The Morgan fingerprint density at radius 1 is 0.339 bits per heavy atom. The smallest absolute Gasteiger partial charge is 0.101 e. The summed E-state index contributed by atoms with van der Waals surface area (Å²) in [7, 11) is 0. The number of fused-ring (bicyclic) bond motifs is 6. The molecule has 5 heteroatoms. The van der Waals surface area contributed by atoms with Gasteiger partial charge in [0, 0.05) is 38.4 Å². The largest absolute Gasteiger partial charge is 0.309 e. The summed E-state index contributed by atoms with van der Waals surface area (Å²) >= 11 is 0. The van der Waals surface area contributed by atoms with Gasteiger partial charge in [0.1, 0.15) is 6.07 Å². The van der Waals surface area contributed by atoms with E-state index in [-0.39, 0.29) is 0 Å². The summed E-state index contributed by atoms with van der Waals surface area (Å²) in [5, 5.41) is 34.2. The van der Waals surface area contributed by atoms with Gasteiger partial charge in [-0.3, -0.25) is 0 Å². The molecule has 0 aliphatic rings. The van der Waals surface area contributed by atoms with Gasteiger partial charge in [0.05, 0.1) is 56.6 Å². The van der Waals surface area contributed by atoms with Crippen LogP contribution in [0.1, 0.15) is 16.7 Å². The van der Waals surface area contributed by atoms with Crippen LogP contribution in [0.3, 0.4) is 0 Å². The SMILES string of the molecule is N#Cc1cccc(-n2c3ccccc3c3cccc(-c4ccccc4-c4ccccc4-c4cccc5c6cc(C#N)ccc6n(-c6ccccc6C#N)c45)c32)c1. The molecule has 2 heterocycles. The van der Waals surface area contributed by atoms with Crippen molar-refractivity contribution in [3.63, 3.8) is 0 Å². The maximum absolute atomic E-state index is 10.3. The topological polar surface area (TPSA) is 81.2 Å². The van der Waals surface area contributed by atoms with Crippen LogP contribution in [0.2, 0.25) is 0 Å². The van der Waals surface area contributed by atoms with Crippen LogP contribution in [0.25, 0.3) is 88.4 Å². The van der Waals surface area contributed by atoms with Crippen molar-refractivity contribution in [1.82, 2.24) is 9.13 Å². The van der Waals surface area contributed by atoms with Gasteiger partial charge < -0.3 is 9.13 Å². The summed E-state index contributed by atoms with van der Waals surface area (Å²) in [6.07, 6.45) is 0. The van der Waals surface area contributed by atoms with Gasteiger partial charge in [0.15, 0.2) is 0 Å². The maximum atomic E-state index is 10.3. The second kappa shape index (κ2) is 13.0. The molecule has 0 bridgehead atoms.